The average molecular weight is 699 g/mol. The lowest BCUT2D eigenvalue weighted by Gasteiger charge is -2.55. The van der Waals surface area contributed by atoms with Gasteiger partial charge < -0.3 is 34.6 Å². The van der Waals surface area contributed by atoms with Gasteiger partial charge in [-0.3, -0.25) is 0 Å². The molecule has 5 fully saturated rings. The summed E-state index contributed by atoms with van der Waals surface area (Å²) in [6.45, 7) is 6.86. The van der Waals surface area contributed by atoms with E-state index in [0.29, 0.717) is 37.6 Å². The minimum Gasteiger partial charge on any atom is -0.453 e. The molecule has 1 saturated carbocycles. The number of aliphatic hydroxyl groups is 1. The van der Waals surface area contributed by atoms with Gasteiger partial charge in [-0.25, -0.2) is 17.6 Å². The Morgan fingerprint density at radius 3 is 2.41 bits per heavy atom. The van der Waals surface area contributed by atoms with Crippen molar-refractivity contribution in [2.24, 2.45) is 11.8 Å². The maximum absolute atomic E-state index is 15.0. The molecular weight excluding hydrogens is 647 g/mol. The second kappa shape index (κ2) is 14.1. The Bertz CT molecular complexity index is 1570. The summed E-state index contributed by atoms with van der Waals surface area (Å²) in [7, 11) is -2.01. The number of nitrogens with zero attached hydrogens (tertiary/aromatic N) is 3. The van der Waals surface area contributed by atoms with Crippen molar-refractivity contribution < 1.29 is 32.2 Å². The lowest BCUT2D eigenvalue weighted by Crippen LogP contribution is -2.67. The third-order valence-corrected chi connectivity index (χ3v) is 14.3. The average Bonchev–Trinajstić information content (AvgIpc) is 3.78. The maximum Gasteiger partial charge on any atom is 0.407 e. The van der Waals surface area contributed by atoms with Crippen LogP contribution in [0.15, 0.2) is 53.4 Å². The molecule has 12 heteroatoms. The topological polar surface area (TPSA) is 112 Å². The van der Waals surface area contributed by atoms with E-state index in [1.54, 1.807) is 18.2 Å². The molecule has 4 saturated heterocycles. The molecular formula is C37H51FN4O6S. The zero-order valence-electron chi connectivity index (χ0n) is 28.6. The van der Waals surface area contributed by atoms with Crippen LogP contribution in [0.1, 0.15) is 50.5 Å². The Morgan fingerprint density at radius 2 is 1.78 bits per heavy atom. The van der Waals surface area contributed by atoms with Gasteiger partial charge in [-0.05, 0) is 119 Å². The van der Waals surface area contributed by atoms with Crippen LogP contribution in [0.5, 0.6) is 0 Å². The number of halogens is 1. The van der Waals surface area contributed by atoms with Crippen molar-refractivity contribution in [3.8, 4) is 0 Å². The standard InChI is InChI=1S/C37H51FN4O6S/c1-47-35(43)39-34-8-3-7-33(34)37(26-40-16-4-17-40,28-5-2-6-29(38)21-28)27-13-18-41(19-14-27)23-36(44)24-42(25-36)30-9-11-31(12-10-30)49(45,46)32-15-20-48-22-32/h2,5-6,9-12,21,27,32-34,44H,3-4,7-8,13-20,22-26H2,1H3,(H,39,43)/t32-,33-,34-,37-/m0/s1. The molecule has 4 aliphatic heterocycles. The molecule has 49 heavy (non-hydrogen) atoms. The van der Waals surface area contributed by atoms with Crippen LogP contribution in [-0.4, -0.2) is 119 Å². The number of hydrogen-bond acceptors (Lipinski definition) is 9. The highest BCUT2D eigenvalue weighted by Gasteiger charge is 2.53. The van der Waals surface area contributed by atoms with Crippen molar-refractivity contribution in [2.45, 2.75) is 72.1 Å². The molecule has 2 aromatic carbocycles. The zero-order chi connectivity index (χ0) is 34.2. The minimum absolute atomic E-state index is 0.0393. The molecule has 0 bridgehead atoms. The fourth-order valence-corrected chi connectivity index (χ4v) is 11.1. The van der Waals surface area contributed by atoms with Gasteiger partial charge in [-0.2, -0.15) is 0 Å². The fraction of sp³-hybridized carbons (Fsp3) is 0.649. The first kappa shape index (κ1) is 34.7. The molecule has 268 valence electrons. The highest BCUT2D eigenvalue weighted by molar-refractivity contribution is 7.92. The number of methoxy groups -OCH3 is 1. The van der Waals surface area contributed by atoms with Gasteiger partial charge in [-0.1, -0.05) is 18.6 Å². The van der Waals surface area contributed by atoms with Crippen LogP contribution in [0.25, 0.3) is 0 Å². The molecule has 2 aromatic rings. The summed E-state index contributed by atoms with van der Waals surface area (Å²) in [4.78, 5) is 19.7. The quantitative estimate of drug-likeness (QED) is 0.362. The molecule has 1 amide bonds. The van der Waals surface area contributed by atoms with Crippen molar-refractivity contribution in [1.29, 1.82) is 0 Å². The number of carbonyl (C=O) groups excluding carboxylic acids is 1. The molecule has 5 aliphatic rings. The molecule has 10 nitrogen and oxygen atoms in total. The van der Waals surface area contributed by atoms with E-state index >= 15 is 0 Å². The number of piperidine rings is 1. The van der Waals surface area contributed by atoms with Gasteiger partial charge in [0.15, 0.2) is 9.84 Å². The summed E-state index contributed by atoms with van der Waals surface area (Å²) in [6, 6.07) is 14.2. The number of nitrogens with one attached hydrogen (secondary N) is 1. The number of hydrogen-bond donors (Lipinski definition) is 2. The Balaban J connectivity index is 1.03. The van der Waals surface area contributed by atoms with Gasteiger partial charge in [-0.15, -0.1) is 0 Å². The Hall–Kier alpha value is -2.77. The third kappa shape index (κ3) is 6.96. The second-order valence-electron chi connectivity index (χ2n) is 15.1. The Morgan fingerprint density at radius 1 is 1.02 bits per heavy atom. The lowest BCUT2D eigenvalue weighted by atomic mass is 9.57. The molecule has 0 spiro atoms. The number of benzene rings is 2. The summed E-state index contributed by atoms with van der Waals surface area (Å²) in [6.07, 6.45) is 5.99. The summed E-state index contributed by atoms with van der Waals surface area (Å²) < 4.78 is 51.2. The van der Waals surface area contributed by atoms with Gasteiger partial charge in [0.05, 0.1) is 23.9 Å². The van der Waals surface area contributed by atoms with E-state index in [1.807, 2.05) is 18.2 Å². The first-order valence-electron chi connectivity index (χ1n) is 18.0. The van der Waals surface area contributed by atoms with Crippen LogP contribution in [0.2, 0.25) is 0 Å². The monoisotopic (exact) mass is 698 g/mol. The number of β-amino-alcohol motifs (C(OH)–C–C–N with tert-alkyl or cyclic N) is 1. The number of sulfone groups is 1. The van der Waals surface area contributed by atoms with E-state index in [2.05, 4.69) is 26.1 Å². The number of anilines is 1. The van der Waals surface area contributed by atoms with Gasteiger partial charge >= 0.3 is 6.09 Å². The second-order valence-corrected chi connectivity index (χ2v) is 17.3. The van der Waals surface area contributed by atoms with E-state index in [-0.39, 0.29) is 35.7 Å². The number of likely N-dealkylation sites (tertiary alicyclic amines) is 2. The van der Waals surface area contributed by atoms with E-state index in [9.17, 15) is 22.7 Å². The van der Waals surface area contributed by atoms with Crippen LogP contribution in [0.4, 0.5) is 14.9 Å². The minimum atomic E-state index is -3.41. The molecule has 0 radical (unpaired) electrons. The Labute approximate surface area is 289 Å². The fourth-order valence-electron chi connectivity index (χ4n) is 9.50. The summed E-state index contributed by atoms with van der Waals surface area (Å²) in [5.41, 5.74) is 0.759. The van der Waals surface area contributed by atoms with E-state index < -0.39 is 26.8 Å². The maximum atomic E-state index is 15.0. The summed E-state index contributed by atoms with van der Waals surface area (Å²) in [5, 5.41) is 14.2. The third-order valence-electron chi connectivity index (χ3n) is 12.1. The van der Waals surface area contributed by atoms with E-state index in [0.717, 1.165) is 76.1 Å². The van der Waals surface area contributed by atoms with Gasteiger partial charge in [0, 0.05) is 49.9 Å². The number of alkyl carbamates (subject to hydrolysis) is 1. The molecule has 0 aromatic heterocycles. The SMILES string of the molecule is COC(=O)N[C@H]1CCC[C@@H]1[C@](CN1CCC1)(c1cccc(F)c1)C1CCN(CC2(O)CN(c3ccc(S(=O)(=O)[C@H]4CCOC4)cc3)C2)CC1. The van der Waals surface area contributed by atoms with Crippen LogP contribution in [0, 0.1) is 17.7 Å². The molecule has 4 heterocycles. The van der Waals surface area contributed by atoms with Crippen LogP contribution in [0.3, 0.4) is 0 Å². The number of carbonyl (C=O) groups is 1. The predicted molar refractivity (Wildman–Crippen MR) is 185 cm³/mol. The predicted octanol–water partition coefficient (Wildman–Crippen LogP) is 3.82. The Kier molecular flexibility index (Phi) is 9.97. The largest absolute Gasteiger partial charge is 0.453 e. The highest BCUT2D eigenvalue weighted by atomic mass is 32.2. The number of amides is 1. The van der Waals surface area contributed by atoms with E-state index in [1.165, 1.54) is 19.6 Å². The summed E-state index contributed by atoms with van der Waals surface area (Å²) in [5.74, 6) is 0.215. The van der Waals surface area contributed by atoms with Crippen molar-refractivity contribution >= 4 is 21.6 Å². The van der Waals surface area contributed by atoms with Crippen LogP contribution in [-0.2, 0) is 24.7 Å². The van der Waals surface area contributed by atoms with Crippen LogP contribution < -0.4 is 10.2 Å². The van der Waals surface area contributed by atoms with E-state index in [4.69, 9.17) is 9.47 Å². The van der Waals surface area contributed by atoms with Gasteiger partial charge in [0.1, 0.15) is 11.4 Å². The molecule has 7 rings (SSSR count). The first-order chi connectivity index (χ1) is 23.6. The van der Waals surface area contributed by atoms with Crippen LogP contribution >= 0.6 is 0 Å². The molecule has 2 N–H and O–H groups in total. The highest BCUT2D eigenvalue weighted by Crippen LogP contribution is 2.51. The van der Waals surface area contributed by atoms with Crippen molar-refractivity contribution in [1.82, 2.24) is 15.1 Å². The van der Waals surface area contributed by atoms with Crippen molar-refractivity contribution in [2.75, 3.05) is 77.6 Å². The molecule has 0 unspecified atom stereocenters. The van der Waals surface area contributed by atoms with Crippen molar-refractivity contribution in [3.05, 3.63) is 59.9 Å². The number of rotatable bonds is 11. The molecule has 1 aliphatic carbocycles. The normalized spacial score (nSPS) is 27.7. The lowest BCUT2D eigenvalue weighted by molar-refractivity contribution is -0.0362. The van der Waals surface area contributed by atoms with Crippen molar-refractivity contribution in [3.63, 3.8) is 0 Å². The smallest absolute Gasteiger partial charge is 0.407 e. The molecule has 4 atom stereocenters. The first-order valence-corrected chi connectivity index (χ1v) is 19.6. The number of ether oxygens (including phenoxy) is 2. The van der Waals surface area contributed by atoms with Gasteiger partial charge in [0.25, 0.3) is 0 Å². The van der Waals surface area contributed by atoms with Gasteiger partial charge in [0.2, 0.25) is 0 Å². The summed E-state index contributed by atoms with van der Waals surface area (Å²) >= 11 is 0. The zero-order valence-corrected chi connectivity index (χ0v) is 29.4.